The molecule has 0 spiro atoms. The van der Waals surface area contributed by atoms with Crippen molar-refractivity contribution in [2.75, 3.05) is 18.1 Å². The molecule has 3 rings (SSSR count). The van der Waals surface area contributed by atoms with Crippen molar-refractivity contribution >= 4 is 11.2 Å². The van der Waals surface area contributed by atoms with Crippen molar-refractivity contribution in [3.8, 4) is 0 Å². The highest BCUT2D eigenvalue weighted by atomic mass is 15.6. The molecule has 0 N–H and O–H groups in total. The first-order chi connectivity index (χ1) is 7.45. The average Bonchev–Trinajstić information content (AvgIpc) is 2.74. The molecule has 0 bridgehead atoms. The molecule has 1 aliphatic heterocycles. The molecule has 0 saturated carbocycles. The summed E-state index contributed by atoms with van der Waals surface area (Å²) in [5.41, 5.74) is 1.77. The Hall–Kier alpha value is -1.65. The predicted molar refractivity (Wildman–Crippen MR) is 57.1 cm³/mol. The molecule has 0 radical (unpaired) electrons. The Balaban J connectivity index is 2.02. The fourth-order valence-corrected chi connectivity index (χ4v) is 2.07. The van der Waals surface area contributed by atoms with E-state index in [1.807, 2.05) is 12.5 Å². The van der Waals surface area contributed by atoms with E-state index in [1.54, 1.807) is 0 Å². The minimum Gasteiger partial charge on any atom is -0.311 e. The number of imidazole rings is 1. The van der Waals surface area contributed by atoms with Crippen LogP contribution in [0.15, 0.2) is 18.9 Å². The van der Waals surface area contributed by atoms with Gasteiger partial charge < -0.3 is 5.01 Å². The smallest absolute Gasteiger partial charge is 0.182 e. The lowest BCUT2D eigenvalue weighted by Gasteiger charge is -2.29. The van der Waals surface area contributed by atoms with E-state index in [1.165, 1.54) is 25.6 Å². The minimum absolute atomic E-state index is 0.774. The molecule has 5 heteroatoms. The Kier molecular flexibility index (Phi) is 2.01. The summed E-state index contributed by atoms with van der Waals surface area (Å²) in [6.07, 6.45) is 9.05. The van der Waals surface area contributed by atoms with E-state index in [9.17, 15) is 0 Å². The summed E-state index contributed by atoms with van der Waals surface area (Å²) < 4.78 is 2.08. The molecule has 1 saturated heterocycles. The first-order valence-corrected chi connectivity index (χ1v) is 5.33. The first-order valence-electron chi connectivity index (χ1n) is 5.33. The van der Waals surface area contributed by atoms with Gasteiger partial charge in [-0.1, -0.05) is 0 Å². The Morgan fingerprint density at radius 1 is 1.07 bits per heavy atom. The van der Waals surface area contributed by atoms with Gasteiger partial charge in [0.1, 0.15) is 18.2 Å². The highest BCUT2D eigenvalue weighted by Gasteiger charge is 2.13. The van der Waals surface area contributed by atoms with Crippen LogP contribution < -0.4 is 5.01 Å². The molecule has 0 atom stereocenters. The summed E-state index contributed by atoms with van der Waals surface area (Å²) >= 11 is 0. The number of aromatic nitrogens is 4. The number of hydrogen-bond donors (Lipinski definition) is 0. The molecule has 0 unspecified atom stereocenters. The SMILES string of the molecule is c1ncc2c(n1)ncn2N1CCCCC1. The Morgan fingerprint density at radius 2 is 1.93 bits per heavy atom. The van der Waals surface area contributed by atoms with Gasteiger partial charge in [0.05, 0.1) is 6.20 Å². The third-order valence-electron chi connectivity index (χ3n) is 2.85. The maximum Gasteiger partial charge on any atom is 0.182 e. The summed E-state index contributed by atoms with van der Waals surface area (Å²) in [4.78, 5) is 12.4. The van der Waals surface area contributed by atoms with Crippen LogP contribution in [0.1, 0.15) is 19.3 Å². The monoisotopic (exact) mass is 203 g/mol. The number of hydrogen-bond acceptors (Lipinski definition) is 4. The topological polar surface area (TPSA) is 46.8 Å². The van der Waals surface area contributed by atoms with Crippen LogP contribution >= 0.6 is 0 Å². The predicted octanol–water partition coefficient (Wildman–Crippen LogP) is 0.948. The van der Waals surface area contributed by atoms with Crippen LogP contribution in [-0.4, -0.2) is 32.7 Å². The van der Waals surface area contributed by atoms with Gasteiger partial charge in [-0.25, -0.2) is 19.6 Å². The van der Waals surface area contributed by atoms with E-state index >= 15 is 0 Å². The number of piperidine rings is 1. The molecule has 3 heterocycles. The van der Waals surface area contributed by atoms with Crippen LogP contribution in [0.5, 0.6) is 0 Å². The van der Waals surface area contributed by atoms with Crippen LogP contribution in [0.2, 0.25) is 0 Å². The van der Waals surface area contributed by atoms with Gasteiger partial charge in [0, 0.05) is 13.1 Å². The van der Waals surface area contributed by atoms with Crippen molar-refractivity contribution in [3.63, 3.8) is 0 Å². The number of fused-ring (bicyclic) bond motifs is 1. The molecular weight excluding hydrogens is 190 g/mol. The van der Waals surface area contributed by atoms with Crippen LogP contribution in [0, 0.1) is 0 Å². The van der Waals surface area contributed by atoms with Gasteiger partial charge in [-0.3, -0.25) is 0 Å². The average molecular weight is 203 g/mol. The third-order valence-corrected chi connectivity index (χ3v) is 2.85. The lowest BCUT2D eigenvalue weighted by Crippen LogP contribution is -2.38. The zero-order valence-corrected chi connectivity index (χ0v) is 8.50. The number of nitrogens with zero attached hydrogens (tertiary/aromatic N) is 5. The quantitative estimate of drug-likeness (QED) is 0.692. The van der Waals surface area contributed by atoms with E-state index in [-0.39, 0.29) is 0 Å². The second-order valence-electron chi connectivity index (χ2n) is 3.84. The van der Waals surface area contributed by atoms with Crippen molar-refractivity contribution in [1.82, 2.24) is 19.6 Å². The standard InChI is InChI=1S/C10H13N5/c1-2-4-14(5-3-1)15-8-13-10-9(15)6-11-7-12-10/h6-8H,1-5H2. The Bertz CT molecular complexity index is 458. The van der Waals surface area contributed by atoms with Crippen LogP contribution in [0.3, 0.4) is 0 Å². The van der Waals surface area contributed by atoms with E-state index in [0.717, 1.165) is 24.3 Å². The minimum atomic E-state index is 0.774. The van der Waals surface area contributed by atoms with Gasteiger partial charge >= 0.3 is 0 Å². The summed E-state index contributed by atoms with van der Waals surface area (Å²) in [6, 6.07) is 0. The van der Waals surface area contributed by atoms with Crippen molar-refractivity contribution in [3.05, 3.63) is 18.9 Å². The second kappa shape index (κ2) is 3.49. The molecule has 0 aromatic carbocycles. The van der Waals surface area contributed by atoms with E-state index in [4.69, 9.17) is 0 Å². The lowest BCUT2D eigenvalue weighted by atomic mass is 10.2. The Morgan fingerprint density at radius 3 is 2.80 bits per heavy atom. The summed E-state index contributed by atoms with van der Waals surface area (Å²) in [5.74, 6) is 0. The van der Waals surface area contributed by atoms with Crippen LogP contribution in [0.4, 0.5) is 0 Å². The van der Waals surface area contributed by atoms with Gasteiger partial charge in [-0.15, -0.1) is 0 Å². The molecule has 1 aliphatic rings. The number of rotatable bonds is 1. The molecular formula is C10H13N5. The first kappa shape index (κ1) is 8.64. The third kappa shape index (κ3) is 1.44. The van der Waals surface area contributed by atoms with Crippen molar-refractivity contribution < 1.29 is 0 Å². The van der Waals surface area contributed by atoms with E-state index in [0.29, 0.717) is 0 Å². The fourth-order valence-electron chi connectivity index (χ4n) is 2.07. The summed E-state index contributed by atoms with van der Waals surface area (Å²) in [6.45, 7) is 2.20. The largest absolute Gasteiger partial charge is 0.311 e. The molecule has 0 aliphatic carbocycles. The van der Waals surface area contributed by atoms with E-state index < -0.39 is 0 Å². The summed E-state index contributed by atoms with van der Waals surface area (Å²) in [7, 11) is 0. The molecule has 15 heavy (non-hydrogen) atoms. The highest BCUT2D eigenvalue weighted by Crippen LogP contribution is 2.13. The molecule has 1 fully saturated rings. The van der Waals surface area contributed by atoms with Gasteiger partial charge in [-0.05, 0) is 19.3 Å². The summed E-state index contributed by atoms with van der Waals surface area (Å²) in [5, 5.41) is 2.31. The molecule has 2 aromatic rings. The lowest BCUT2D eigenvalue weighted by molar-refractivity contribution is 0.485. The highest BCUT2D eigenvalue weighted by molar-refractivity contribution is 5.69. The van der Waals surface area contributed by atoms with Crippen LogP contribution in [-0.2, 0) is 0 Å². The molecule has 5 nitrogen and oxygen atoms in total. The fraction of sp³-hybridized carbons (Fsp3) is 0.500. The van der Waals surface area contributed by atoms with Crippen molar-refractivity contribution in [1.29, 1.82) is 0 Å². The van der Waals surface area contributed by atoms with Gasteiger partial charge in [0.15, 0.2) is 5.65 Å². The van der Waals surface area contributed by atoms with Crippen LogP contribution in [0.25, 0.3) is 11.2 Å². The van der Waals surface area contributed by atoms with Crippen molar-refractivity contribution in [2.45, 2.75) is 19.3 Å². The zero-order valence-electron chi connectivity index (χ0n) is 8.50. The molecule has 78 valence electrons. The maximum atomic E-state index is 4.26. The van der Waals surface area contributed by atoms with Gasteiger partial charge in [0.25, 0.3) is 0 Å². The second-order valence-corrected chi connectivity index (χ2v) is 3.84. The van der Waals surface area contributed by atoms with Gasteiger partial charge in [-0.2, -0.15) is 0 Å². The normalized spacial score (nSPS) is 17.2. The molecule has 0 amide bonds. The Labute approximate surface area is 87.7 Å². The van der Waals surface area contributed by atoms with Crippen molar-refractivity contribution in [2.24, 2.45) is 0 Å². The van der Waals surface area contributed by atoms with E-state index in [2.05, 4.69) is 24.6 Å². The molecule has 2 aromatic heterocycles. The van der Waals surface area contributed by atoms with Gasteiger partial charge in [0.2, 0.25) is 0 Å². The zero-order chi connectivity index (χ0) is 10.1. The maximum absolute atomic E-state index is 4.26.